The molecule has 13 aromatic rings. The van der Waals surface area contributed by atoms with E-state index in [-0.39, 0.29) is 0 Å². The highest BCUT2D eigenvalue weighted by Crippen LogP contribution is 2.46. The van der Waals surface area contributed by atoms with Crippen LogP contribution in [0.3, 0.4) is 0 Å². The number of hydrogen-bond acceptors (Lipinski definition) is 2. The van der Waals surface area contributed by atoms with Gasteiger partial charge in [-0.25, -0.2) is 0 Å². The Morgan fingerprint density at radius 3 is 1.41 bits per heavy atom. The lowest BCUT2D eigenvalue weighted by atomic mass is 9.94. The summed E-state index contributed by atoms with van der Waals surface area (Å²) in [4.78, 5) is 4.77. The summed E-state index contributed by atoms with van der Waals surface area (Å²) in [5.74, 6) is 0. The largest absolute Gasteiger partial charge is 0.308 e. The summed E-state index contributed by atoms with van der Waals surface area (Å²) in [7, 11) is -3.04. The lowest BCUT2D eigenvalue weighted by Crippen LogP contribution is -2.71. The van der Waals surface area contributed by atoms with Gasteiger partial charge >= 0.3 is 0 Å². The van der Waals surface area contributed by atoms with Crippen LogP contribution in [0.2, 0.25) is 0 Å². The maximum Gasteiger partial charge on any atom is 0.182 e. The molecule has 10 aromatic carbocycles. The summed E-state index contributed by atoms with van der Waals surface area (Å²) in [6.07, 6.45) is 4.08. The Morgan fingerprint density at radius 2 is 0.831 bits per heavy atom. The van der Waals surface area contributed by atoms with Crippen LogP contribution in [0.4, 0.5) is 0 Å². The average Bonchev–Trinajstić information content (AvgIpc) is 4.15. The van der Waals surface area contributed by atoms with Gasteiger partial charge in [-0.1, -0.05) is 176 Å². The molecule has 0 aliphatic carbocycles. The SMILES string of the molecule is N#Cc1cc(-n2c3ccccc3c3cc(-c4ccccc4)ccc32)c(-c2cccc3c2[Si]2(c4ccccc4-c4cnccc42)c2ccccc2-3)c(-n2c3ccccc3c3cc(-c4ccccc4)ccc32)c1. The van der Waals surface area contributed by atoms with Crippen molar-refractivity contribution in [2.75, 3.05) is 0 Å². The highest BCUT2D eigenvalue weighted by atomic mass is 28.3. The fourth-order valence-corrected chi connectivity index (χ4v) is 18.4. The monoisotopic (exact) mass is 916 g/mol. The van der Waals surface area contributed by atoms with Crippen molar-refractivity contribution in [3.63, 3.8) is 0 Å². The smallest absolute Gasteiger partial charge is 0.182 e. The van der Waals surface area contributed by atoms with Gasteiger partial charge in [0.1, 0.15) is 0 Å². The number of nitriles is 1. The molecule has 1 spiro atoms. The Kier molecular flexibility index (Phi) is 8.42. The third-order valence-electron chi connectivity index (χ3n) is 15.4. The topological polar surface area (TPSA) is 46.5 Å². The first-order valence-corrected chi connectivity index (χ1v) is 26.2. The van der Waals surface area contributed by atoms with Crippen molar-refractivity contribution >= 4 is 72.4 Å². The van der Waals surface area contributed by atoms with E-state index in [0.29, 0.717) is 5.56 Å². The number of aromatic nitrogens is 3. The lowest BCUT2D eigenvalue weighted by Gasteiger charge is -2.31. The van der Waals surface area contributed by atoms with Crippen LogP contribution in [0.1, 0.15) is 5.56 Å². The molecule has 0 bridgehead atoms. The molecule has 0 fully saturated rings. The first kappa shape index (κ1) is 39.6. The molecule has 5 heterocycles. The van der Waals surface area contributed by atoms with E-state index in [4.69, 9.17) is 4.98 Å². The molecule has 5 heteroatoms. The van der Waals surface area contributed by atoms with E-state index in [9.17, 15) is 5.26 Å². The molecule has 328 valence electrons. The van der Waals surface area contributed by atoms with Crippen molar-refractivity contribution in [2.24, 2.45) is 0 Å². The second-order valence-corrected chi connectivity index (χ2v) is 22.5. The third kappa shape index (κ3) is 5.45. The van der Waals surface area contributed by atoms with Crippen molar-refractivity contribution in [3.05, 3.63) is 248 Å². The fraction of sp³-hybridized carbons (Fsp3) is 0. The number of benzene rings is 10. The van der Waals surface area contributed by atoms with Crippen LogP contribution in [-0.2, 0) is 0 Å². The van der Waals surface area contributed by atoms with Gasteiger partial charge in [-0.3, -0.25) is 4.98 Å². The van der Waals surface area contributed by atoms with Gasteiger partial charge in [0, 0.05) is 45.1 Å². The first-order valence-electron chi connectivity index (χ1n) is 24.2. The van der Waals surface area contributed by atoms with Crippen molar-refractivity contribution in [3.8, 4) is 73.1 Å². The van der Waals surface area contributed by atoms with Crippen LogP contribution in [0.25, 0.3) is 111 Å². The predicted octanol–water partition coefficient (Wildman–Crippen LogP) is 13.5. The van der Waals surface area contributed by atoms with E-state index >= 15 is 0 Å². The molecule has 0 N–H and O–H groups in total. The average molecular weight is 917 g/mol. The predicted molar refractivity (Wildman–Crippen MR) is 296 cm³/mol. The van der Waals surface area contributed by atoms with Crippen LogP contribution < -0.4 is 20.7 Å². The van der Waals surface area contributed by atoms with Gasteiger partial charge in [-0.15, -0.1) is 0 Å². The minimum atomic E-state index is -3.04. The Hall–Kier alpha value is -9.34. The number of nitrogens with zero attached hydrogens (tertiary/aromatic N) is 4. The quantitative estimate of drug-likeness (QED) is 0.162. The number of fused-ring (bicyclic) bond motifs is 16. The van der Waals surface area contributed by atoms with Crippen LogP contribution in [0.5, 0.6) is 0 Å². The van der Waals surface area contributed by atoms with Crippen LogP contribution >= 0.6 is 0 Å². The van der Waals surface area contributed by atoms with Gasteiger partial charge in [-0.2, -0.15) is 5.26 Å². The molecule has 0 saturated carbocycles. The highest BCUT2D eigenvalue weighted by molar-refractivity contribution is 7.24. The zero-order valence-electron chi connectivity index (χ0n) is 38.4. The van der Waals surface area contributed by atoms with E-state index in [0.717, 1.165) is 77.2 Å². The van der Waals surface area contributed by atoms with Crippen molar-refractivity contribution in [1.82, 2.24) is 14.1 Å². The Bertz CT molecular complexity index is 4180. The minimum absolute atomic E-state index is 0.586. The van der Waals surface area contributed by atoms with E-state index < -0.39 is 8.07 Å². The number of rotatable bonds is 5. The van der Waals surface area contributed by atoms with Crippen molar-refractivity contribution in [2.45, 2.75) is 0 Å². The molecular formula is C66H40N4Si. The zero-order chi connectivity index (χ0) is 46.8. The van der Waals surface area contributed by atoms with E-state index in [1.165, 1.54) is 54.1 Å². The van der Waals surface area contributed by atoms with Crippen molar-refractivity contribution < 1.29 is 0 Å². The summed E-state index contributed by atoms with van der Waals surface area (Å²) in [6, 6.07) is 87.0. The number of para-hydroxylation sites is 2. The molecule has 1 unspecified atom stereocenters. The Balaban J connectivity index is 1.13. The second-order valence-electron chi connectivity index (χ2n) is 18.9. The summed E-state index contributed by atoms with van der Waals surface area (Å²) in [5, 5.41) is 21.4. The summed E-state index contributed by atoms with van der Waals surface area (Å²) >= 11 is 0. The van der Waals surface area contributed by atoms with Gasteiger partial charge in [0.05, 0.1) is 45.1 Å². The first-order chi connectivity index (χ1) is 35.2. The van der Waals surface area contributed by atoms with E-state index in [1.807, 2.05) is 6.20 Å². The minimum Gasteiger partial charge on any atom is -0.308 e. The van der Waals surface area contributed by atoms with Gasteiger partial charge in [0.15, 0.2) is 8.07 Å². The second kappa shape index (κ2) is 15.1. The molecule has 0 radical (unpaired) electrons. The Labute approximate surface area is 411 Å². The molecular weight excluding hydrogens is 877 g/mol. The standard InChI is InChI=1S/C66H40N4Si/c67-40-42-36-60(69-56-26-11-7-20-47(56)53-38-45(30-32-58(53)69)43-16-3-1-4-17-43)65(61(37-42)70-57-27-12-8-21-48(57)54-39-46(31-33-59(54)70)44-18-5-2-6-19-44)52-25-15-24-51-49-22-9-13-28-62(49)71(66(51)52)63-29-14-10-23-50(63)55-41-68-35-34-64(55)71/h1-39,41H. The lowest BCUT2D eigenvalue weighted by molar-refractivity contribution is 1.13. The summed E-state index contributed by atoms with van der Waals surface area (Å²) in [6.45, 7) is 0. The van der Waals surface area contributed by atoms with Crippen LogP contribution in [0, 0.1) is 11.3 Å². The zero-order valence-corrected chi connectivity index (χ0v) is 39.4. The van der Waals surface area contributed by atoms with Crippen LogP contribution in [0.15, 0.2) is 243 Å². The van der Waals surface area contributed by atoms with Gasteiger partial charge in [0.2, 0.25) is 0 Å². The highest BCUT2D eigenvalue weighted by Gasteiger charge is 2.55. The molecule has 1 atom stereocenters. The van der Waals surface area contributed by atoms with E-state index in [2.05, 4.69) is 252 Å². The molecule has 3 aromatic heterocycles. The van der Waals surface area contributed by atoms with Crippen molar-refractivity contribution in [1.29, 1.82) is 5.26 Å². The normalized spacial score (nSPS) is 14.2. The van der Waals surface area contributed by atoms with E-state index in [1.54, 1.807) is 0 Å². The molecule has 0 amide bonds. The molecule has 71 heavy (non-hydrogen) atoms. The number of pyridine rings is 1. The molecule has 2 aliphatic rings. The summed E-state index contributed by atoms with van der Waals surface area (Å²) in [5.41, 5.74) is 18.7. The molecule has 0 saturated heterocycles. The summed E-state index contributed by atoms with van der Waals surface area (Å²) < 4.78 is 4.88. The maximum atomic E-state index is 11.3. The number of hydrogen-bond donors (Lipinski definition) is 0. The maximum absolute atomic E-state index is 11.3. The van der Waals surface area contributed by atoms with Crippen LogP contribution in [-0.4, -0.2) is 22.2 Å². The molecule has 2 aliphatic heterocycles. The Morgan fingerprint density at radius 1 is 0.366 bits per heavy atom. The van der Waals surface area contributed by atoms with Gasteiger partial charge < -0.3 is 9.13 Å². The van der Waals surface area contributed by atoms with Gasteiger partial charge in [-0.05, 0) is 120 Å². The third-order valence-corrected chi connectivity index (χ3v) is 20.5. The van der Waals surface area contributed by atoms with Gasteiger partial charge in [0.25, 0.3) is 0 Å². The molecule has 4 nitrogen and oxygen atoms in total. The molecule has 15 rings (SSSR count). The fourth-order valence-electron chi connectivity index (χ4n) is 12.6.